The van der Waals surface area contributed by atoms with Crippen LogP contribution in [0.5, 0.6) is 0 Å². The van der Waals surface area contributed by atoms with Gasteiger partial charge in [-0.3, -0.25) is 19.8 Å². The lowest BCUT2D eigenvalue weighted by atomic mass is 9.96. The molecule has 0 amide bonds. The normalized spacial score (nSPS) is 32.9. The summed E-state index contributed by atoms with van der Waals surface area (Å²) in [6, 6.07) is -2.95. The summed E-state index contributed by atoms with van der Waals surface area (Å²) in [5, 5.41) is 155. The highest BCUT2D eigenvalue weighted by molar-refractivity contribution is 5.78. The number of ether oxygens (including phenoxy) is 3. The van der Waals surface area contributed by atoms with E-state index in [1.807, 2.05) is 0 Å². The van der Waals surface area contributed by atoms with Gasteiger partial charge >= 0.3 is 17.9 Å². The Balaban J connectivity index is 0.000000517. The lowest BCUT2D eigenvalue weighted by molar-refractivity contribution is -0.322. The van der Waals surface area contributed by atoms with E-state index in [0.717, 1.165) is 4.90 Å². The Labute approximate surface area is 394 Å². The molecule has 0 spiro atoms. The maximum absolute atomic E-state index is 10.6. The number of nitrogens with one attached hydrogen (secondary N) is 3. The number of guanidine groups is 3. The zero-order valence-corrected chi connectivity index (χ0v) is 37.5. The summed E-state index contributed by atoms with van der Waals surface area (Å²) in [6.07, 6.45) is -12.2. The number of aliphatic carboxylic acids is 3. The Hall–Kier alpha value is -4.50. The van der Waals surface area contributed by atoms with Crippen LogP contribution in [0, 0.1) is 5.41 Å². The Morgan fingerprint density at radius 1 is 0.580 bits per heavy atom. The second kappa shape index (κ2) is 29.0. The third-order valence-corrected chi connectivity index (χ3v) is 10.7. The van der Waals surface area contributed by atoms with Gasteiger partial charge < -0.3 is 141 Å². The monoisotopic (exact) mass is 1010 g/mol. The largest absolute Gasteiger partial charge is 0.480 e. The van der Waals surface area contributed by atoms with Crippen LogP contribution in [0.25, 0.3) is 0 Å². The van der Waals surface area contributed by atoms with E-state index in [-0.39, 0.29) is 57.4 Å². The first-order valence-corrected chi connectivity index (χ1v) is 21.3. The van der Waals surface area contributed by atoms with Gasteiger partial charge in [-0.05, 0) is 38.5 Å². The van der Waals surface area contributed by atoms with E-state index < -0.39 is 141 Å². The molecule has 30 N–H and O–H groups in total. The fraction of sp³-hybridized carbons (Fsp3) is 0.833. The summed E-state index contributed by atoms with van der Waals surface area (Å²) in [6.45, 7) is -1.72. The van der Waals surface area contributed by atoms with E-state index in [4.69, 9.17) is 69.3 Å². The van der Waals surface area contributed by atoms with Gasteiger partial charge in [0.25, 0.3) is 0 Å². The van der Waals surface area contributed by atoms with E-state index in [1.54, 1.807) is 0 Å². The summed E-state index contributed by atoms with van der Waals surface area (Å²) < 4.78 is 14.8. The Kier molecular flexibility index (Phi) is 26.3. The van der Waals surface area contributed by atoms with Crippen LogP contribution in [0.4, 0.5) is 0 Å². The van der Waals surface area contributed by atoms with Crippen LogP contribution in [0.2, 0.25) is 0 Å². The van der Waals surface area contributed by atoms with Crippen molar-refractivity contribution in [2.24, 2.45) is 44.4 Å². The molecule has 33 heteroatoms. The molecule has 3 heterocycles. The van der Waals surface area contributed by atoms with E-state index in [2.05, 4.69) is 20.6 Å². The highest BCUT2D eigenvalue weighted by Gasteiger charge is 2.51. The van der Waals surface area contributed by atoms with Crippen LogP contribution < -0.4 is 45.0 Å². The second-order valence-corrected chi connectivity index (χ2v) is 16.3. The van der Waals surface area contributed by atoms with Crippen molar-refractivity contribution >= 4 is 35.8 Å². The van der Waals surface area contributed by atoms with Crippen LogP contribution in [-0.4, -0.2) is 267 Å². The molecule has 0 aliphatic carbocycles. The fourth-order valence-corrected chi connectivity index (χ4v) is 6.11. The molecule has 0 radical (unpaired) electrons. The molecule has 0 aromatic rings. The van der Waals surface area contributed by atoms with Gasteiger partial charge in [0.1, 0.15) is 73.1 Å². The van der Waals surface area contributed by atoms with Crippen molar-refractivity contribution in [2.75, 3.05) is 59.1 Å². The van der Waals surface area contributed by atoms with Crippen LogP contribution in [-0.2, 0) is 28.6 Å². The first-order valence-electron chi connectivity index (χ1n) is 21.3. The number of nitrogens with zero attached hydrogens (tertiary/aromatic N) is 3. The van der Waals surface area contributed by atoms with Gasteiger partial charge in [0, 0.05) is 19.6 Å². The minimum absolute atomic E-state index is 0.0567. The smallest absolute Gasteiger partial charge is 0.320 e. The molecular weight excluding hydrogens is 936 g/mol. The molecule has 33 nitrogen and oxygen atoms in total. The molecule has 15 unspecified atom stereocenters. The molecule has 3 fully saturated rings. The van der Waals surface area contributed by atoms with Crippen molar-refractivity contribution < 1.29 is 105 Å². The highest BCUT2D eigenvalue weighted by atomic mass is 16.7. The lowest BCUT2D eigenvalue weighted by Gasteiger charge is -2.43. The number of carboxylic acids is 3. The average Bonchev–Trinajstić information content (AvgIpc) is 3.29. The van der Waals surface area contributed by atoms with E-state index in [9.17, 15) is 75.7 Å². The number of carboxylic acid groups (broad SMARTS) is 3. The van der Waals surface area contributed by atoms with Gasteiger partial charge in [-0.15, -0.1) is 0 Å². The summed E-state index contributed by atoms with van der Waals surface area (Å²) in [7, 11) is 0. The van der Waals surface area contributed by atoms with E-state index in [0.29, 0.717) is 25.9 Å². The van der Waals surface area contributed by atoms with Crippen LogP contribution in [0.3, 0.4) is 0 Å². The van der Waals surface area contributed by atoms with Gasteiger partial charge in [0.15, 0.2) is 17.9 Å². The maximum Gasteiger partial charge on any atom is 0.320 e. The fourth-order valence-electron chi connectivity index (χ4n) is 6.11. The van der Waals surface area contributed by atoms with Crippen molar-refractivity contribution in [1.29, 1.82) is 5.41 Å². The molecule has 0 bridgehead atoms. The minimum Gasteiger partial charge on any atom is -0.480 e. The summed E-state index contributed by atoms with van der Waals surface area (Å²) in [5.74, 6) is -10.4. The van der Waals surface area contributed by atoms with Crippen molar-refractivity contribution in [3.8, 4) is 0 Å². The lowest BCUT2D eigenvalue weighted by Crippen LogP contribution is -2.65. The van der Waals surface area contributed by atoms with Gasteiger partial charge in [-0.1, -0.05) is 0 Å². The number of rotatable bonds is 21. The predicted octanol–water partition coefficient (Wildman–Crippen LogP) is -12.1. The molecule has 3 saturated heterocycles. The number of aliphatic hydroxyl groups is 12. The van der Waals surface area contributed by atoms with Gasteiger partial charge in [0.05, 0.1) is 39.5 Å². The van der Waals surface area contributed by atoms with E-state index in [1.165, 1.54) is 0 Å². The molecule has 0 aromatic carbocycles. The number of nitrogens with two attached hydrogens (primary N) is 6. The van der Waals surface area contributed by atoms with Gasteiger partial charge in [0.2, 0.25) is 17.4 Å². The van der Waals surface area contributed by atoms with Crippen LogP contribution in [0.15, 0.2) is 9.98 Å². The van der Waals surface area contributed by atoms with Crippen molar-refractivity contribution in [3.63, 3.8) is 0 Å². The van der Waals surface area contributed by atoms with Crippen LogP contribution >= 0.6 is 0 Å². The number of hydrogen-bond acceptors (Lipinski definition) is 24. The molecule has 402 valence electrons. The standard InChI is InChI=1S/3C12H24N4O7/c13-6(10(20)21)2-1-3-16(11(14)15)5-12(22)9(19)8(18)7(17)4-23-12;2*13-6(10(20)21)2-1-3-15-11(14)16-5-12(22)9(19)8(18)7(17)4-23-12/h6-9,17-19,22H,1-5,13H2,(H3,14,15)(H,20,21);2*6-9,17-19,22H,1-5,13H2,(H,20,21)(H3,14,15,16). The Bertz CT molecular complexity index is 1600. The maximum atomic E-state index is 10.6. The van der Waals surface area contributed by atoms with Gasteiger partial charge in [-0.2, -0.15) is 0 Å². The third-order valence-electron chi connectivity index (χ3n) is 10.7. The number of aliphatic imine (C=N–C) groups is 2. The summed E-state index contributed by atoms with van der Waals surface area (Å²) in [5.41, 5.74) is 32.6. The SMILES string of the molecule is N=C(N)N(CCCC(N)C(=O)O)CC1(O)OCC(O)C(O)C1O.NC(=NCC1(O)OCC(O)C(O)C1O)NCCCC(N)C(=O)O.NC(=NCC1(O)OCC(O)C(O)C1O)NCCCC(N)C(=O)O. The van der Waals surface area contributed by atoms with Crippen molar-refractivity contribution in [1.82, 2.24) is 15.5 Å². The molecule has 0 saturated carbocycles. The molecule has 69 heavy (non-hydrogen) atoms. The average molecular weight is 1010 g/mol. The van der Waals surface area contributed by atoms with Gasteiger partial charge in [-0.25, -0.2) is 9.98 Å². The minimum atomic E-state index is -2.22. The van der Waals surface area contributed by atoms with Crippen molar-refractivity contribution in [2.45, 2.75) is 129 Å². The van der Waals surface area contributed by atoms with Crippen LogP contribution in [0.1, 0.15) is 38.5 Å². The number of hydrogen-bond donors (Lipinski definition) is 24. The first kappa shape index (κ1) is 62.5. The first-order chi connectivity index (χ1) is 31.9. The predicted molar refractivity (Wildman–Crippen MR) is 234 cm³/mol. The molecule has 15 atom stereocenters. The second-order valence-electron chi connectivity index (χ2n) is 16.3. The quantitative estimate of drug-likeness (QED) is 0.0288. The molecular formula is C36H72N12O21. The third kappa shape index (κ3) is 20.4. The molecule has 3 rings (SSSR count). The topological polar surface area (TPSA) is 614 Å². The number of aliphatic hydroxyl groups excluding tert-OH is 9. The zero-order valence-electron chi connectivity index (χ0n) is 37.5. The number of carbonyl (C=O) groups is 3. The summed E-state index contributed by atoms with van der Waals surface area (Å²) in [4.78, 5) is 40.4. The Morgan fingerprint density at radius 3 is 1.20 bits per heavy atom. The zero-order chi connectivity index (χ0) is 53.0. The molecule has 3 aliphatic heterocycles. The molecule has 3 aliphatic rings. The van der Waals surface area contributed by atoms with Crippen molar-refractivity contribution in [3.05, 3.63) is 0 Å². The van der Waals surface area contributed by atoms with E-state index >= 15 is 0 Å². The Morgan fingerprint density at radius 2 is 0.884 bits per heavy atom. The highest BCUT2D eigenvalue weighted by Crippen LogP contribution is 2.27. The molecule has 0 aromatic heterocycles. The summed E-state index contributed by atoms with van der Waals surface area (Å²) >= 11 is 0.